The summed E-state index contributed by atoms with van der Waals surface area (Å²) >= 11 is 33.0. The molecule has 3 aliphatic carbocycles. The van der Waals surface area contributed by atoms with Crippen molar-refractivity contribution in [1.82, 2.24) is 52.7 Å². The minimum absolute atomic E-state index is 0.116. The summed E-state index contributed by atoms with van der Waals surface area (Å²) in [5.41, 5.74) is 27.7. The average Bonchev–Trinajstić information content (AvgIpc) is 1.51. The Morgan fingerprint density at radius 2 is 0.627 bits per heavy atom. The van der Waals surface area contributed by atoms with Crippen LogP contribution in [0.4, 0.5) is 28.4 Å². The van der Waals surface area contributed by atoms with Crippen LogP contribution in [0, 0.1) is 108 Å². The second kappa shape index (κ2) is 39.7. The summed E-state index contributed by atoms with van der Waals surface area (Å²) in [4.78, 5) is 53.7. The lowest BCUT2D eigenvalue weighted by atomic mass is 9.64. The second-order valence-corrected chi connectivity index (χ2v) is 46.9. The van der Waals surface area contributed by atoms with Crippen molar-refractivity contribution in [1.29, 1.82) is 0 Å². The summed E-state index contributed by atoms with van der Waals surface area (Å²) in [6.45, 7) is 61.7. The first-order valence-electron chi connectivity index (χ1n) is 46.2. The molecule has 0 N–H and O–H groups in total. The smallest absolute Gasteiger partial charge is 0.219 e. The standard InChI is InChI=1S/C23H23ClN4O.C23H18ClN3O2S.C22H20ClN3O.2C21H20ClN3O2S/c1-14-9-22-18(10-21(14)25-4)20(19-12-26-11-15(2)23(19)24)13-28(22)17-5-7-27(8-6-17)16(3)29;1-14-9-22-18(10-21(14)25-3)20(19-12-26-11-15(2)23(19)24)13-27(22)16-5-7-17(8-6-16)30(4,28)29;1-13-4-20-16(5-19(13)24-3)18(17-9-25-8-14(2)21(17)23)10-26(20)15-6-22(7-15)11-27-12-22;2*1-12-5-20-16(8-19(12)23-3)18(17-10-24-9-13(2)21(17)22)11-25(20)14-6-15(7-14)28(4,26)27/h9-13,17H,5-8H2,1-3H3;5-13H,1-2,4H3;4-5,8-10,15H,6-7,11-12H2,1-2H3;2*5,8-11,14-15H,6-7H2,1-2,4H3. The number of hydrogen-bond acceptors (Lipinski definition) is 13. The molecule has 0 unspecified atom stereocenters. The zero-order valence-corrected chi connectivity index (χ0v) is 87.0. The first kappa shape index (κ1) is 100. The third kappa shape index (κ3) is 19.3. The summed E-state index contributed by atoms with van der Waals surface area (Å²) in [5.74, 6) is 0.136. The predicted molar refractivity (Wildman–Crippen MR) is 570 cm³/mol. The molecule has 16 aromatic rings. The van der Waals surface area contributed by atoms with E-state index >= 15 is 0 Å². The first-order valence-corrected chi connectivity index (χ1v) is 53.9. The fourth-order valence-electron chi connectivity index (χ4n) is 20.0. The van der Waals surface area contributed by atoms with Crippen LogP contribution in [0.5, 0.6) is 0 Å². The van der Waals surface area contributed by atoms with Crippen molar-refractivity contribution < 1.29 is 34.8 Å². The number of carbonyl (C=O) groups excluding carboxylic acids is 1. The Balaban J connectivity index is 0.000000122. The van der Waals surface area contributed by atoms with Gasteiger partial charge in [-0.15, -0.1) is 0 Å². The Labute approximate surface area is 851 Å². The van der Waals surface area contributed by atoms with Crippen LogP contribution in [0.2, 0.25) is 25.1 Å². The van der Waals surface area contributed by atoms with Gasteiger partial charge in [0.2, 0.25) is 5.91 Å². The van der Waals surface area contributed by atoms with E-state index in [-0.39, 0.29) is 33.4 Å². The first-order chi connectivity index (χ1) is 67.5. The number of carbonyl (C=O) groups is 1. The molecule has 2 aliphatic heterocycles. The van der Waals surface area contributed by atoms with E-state index in [9.17, 15) is 30.0 Å². The Hall–Kier alpha value is -13.1. The maximum absolute atomic E-state index is 11.8. The summed E-state index contributed by atoms with van der Waals surface area (Å²) < 4.78 is 87.3. The van der Waals surface area contributed by atoms with Crippen LogP contribution in [0.25, 0.3) is 140 Å². The summed E-state index contributed by atoms with van der Waals surface area (Å²) in [6, 6.07) is 27.6. The molecule has 722 valence electrons. The van der Waals surface area contributed by atoms with Crippen molar-refractivity contribution in [3.8, 4) is 61.3 Å². The molecular weight excluding hydrogens is 1950 g/mol. The second-order valence-electron chi connectivity index (χ2n) is 38.4. The molecule has 21 rings (SSSR count). The van der Waals surface area contributed by atoms with Gasteiger partial charge in [0.25, 0.3) is 0 Å². The van der Waals surface area contributed by atoms with E-state index < -0.39 is 29.5 Å². The van der Waals surface area contributed by atoms with Crippen molar-refractivity contribution in [3.63, 3.8) is 0 Å². The summed E-state index contributed by atoms with van der Waals surface area (Å²) in [6.07, 6.45) is 38.2. The number of aromatic nitrogens is 10. The highest BCUT2D eigenvalue weighted by Crippen LogP contribution is 2.56. The number of benzene rings is 6. The van der Waals surface area contributed by atoms with Gasteiger partial charge in [0.05, 0.1) is 92.1 Å². The third-order valence-electron chi connectivity index (χ3n) is 28.6. The molecule has 1 spiro atoms. The molecule has 5 aliphatic rings. The Morgan fingerprint density at radius 1 is 0.359 bits per heavy atom. The summed E-state index contributed by atoms with van der Waals surface area (Å²) in [5, 5.41) is 7.59. The van der Waals surface area contributed by atoms with Crippen molar-refractivity contribution in [2.45, 2.75) is 167 Å². The van der Waals surface area contributed by atoms with Gasteiger partial charge < -0.3 is 32.5 Å². The lowest BCUT2D eigenvalue weighted by molar-refractivity contribution is -0.173. The van der Waals surface area contributed by atoms with Gasteiger partial charge >= 0.3 is 0 Å². The molecule has 12 heterocycles. The van der Waals surface area contributed by atoms with E-state index in [1.54, 1.807) is 87.0 Å². The summed E-state index contributed by atoms with van der Waals surface area (Å²) in [7, 11) is -9.32. The van der Waals surface area contributed by atoms with Gasteiger partial charge in [0, 0.05) is 245 Å². The van der Waals surface area contributed by atoms with Crippen LogP contribution >= 0.6 is 58.0 Å². The van der Waals surface area contributed by atoms with E-state index in [0.717, 1.165) is 223 Å². The number of piperidine rings is 1. The Bertz CT molecular complexity index is 8290. The Kier molecular flexibility index (Phi) is 28.1. The van der Waals surface area contributed by atoms with E-state index in [1.165, 1.54) is 24.3 Å². The van der Waals surface area contributed by atoms with Gasteiger partial charge in [-0.3, -0.25) is 29.7 Å². The van der Waals surface area contributed by atoms with Crippen molar-refractivity contribution in [2.75, 3.05) is 45.1 Å². The van der Waals surface area contributed by atoms with Crippen LogP contribution in [0.3, 0.4) is 0 Å². The number of nitrogens with zero attached hydrogens (tertiary/aromatic N) is 16. The number of ether oxygens (including phenoxy) is 1. The van der Waals surface area contributed by atoms with Gasteiger partial charge in [-0.25, -0.2) is 49.5 Å². The number of sulfone groups is 3. The molecule has 10 aromatic heterocycles. The van der Waals surface area contributed by atoms with Crippen molar-refractivity contribution in [3.05, 3.63) is 316 Å². The molecule has 0 atom stereocenters. The monoisotopic (exact) mass is 2040 g/mol. The fraction of sp³-hybridized carbons (Fsp3) is 0.300. The van der Waals surface area contributed by atoms with Gasteiger partial charge in [-0.2, -0.15) is 0 Å². The van der Waals surface area contributed by atoms with E-state index in [0.29, 0.717) is 91.7 Å². The maximum atomic E-state index is 11.8. The highest BCUT2D eigenvalue weighted by molar-refractivity contribution is 7.91. The fourth-order valence-corrected chi connectivity index (χ4v) is 23.9. The predicted octanol–water partition coefficient (Wildman–Crippen LogP) is 28.0. The van der Waals surface area contributed by atoms with Gasteiger partial charge in [0.15, 0.2) is 38.3 Å². The lowest BCUT2D eigenvalue weighted by Crippen LogP contribution is -2.52. The largest absolute Gasteiger partial charge is 0.380 e. The van der Waals surface area contributed by atoms with Gasteiger partial charge in [-0.05, 0) is 288 Å². The van der Waals surface area contributed by atoms with Crippen LogP contribution in [-0.2, 0) is 39.0 Å². The molecule has 32 heteroatoms. The molecule has 6 aromatic carbocycles. The zero-order valence-electron chi connectivity index (χ0n) is 80.7. The minimum Gasteiger partial charge on any atom is -0.380 e. The number of likely N-dealkylation sites (tertiary alicyclic amines) is 1. The van der Waals surface area contributed by atoms with Crippen molar-refractivity contribution >= 4 is 176 Å². The zero-order chi connectivity index (χ0) is 102. The molecule has 24 nitrogen and oxygen atoms in total. The minimum atomic E-state index is -3.28. The normalized spacial score (nSPS) is 16.6. The molecule has 2 saturated heterocycles. The number of amides is 1. The molecule has 1 amide bonds. The van der Waals surface area contributed by atoms with E-state index in [2.05, 4.69) is 91.9 Å². The van der Waals surface area contributed by atoms with Crippen LogP contribution in [-0.4, -0.2) is 139 Å². The molecular formula is C110H101Cl5N16O8S3. The van der Waals surface area contributed by atoms with Crippen LogP contribution in [0.1, 0.15) is 138 Å². The van der Waals surface area contributed by atoms with E-state index in [4.69, 9.17) is 95.6 Å². The average molecular weight is 2050 g/mol. The Morgan fingerprint density at radius 3 is 0.887 bits per heavy atom. The highest BCUT2D eigenvalue weighted by Gasteiger charge is 2.51. The highest BCUT2D eigenvalue weighted by atomic mass is 35.5. The molecule has 142 heavy (non-hydrogen) atoms. The molecule has 0 radical (unpaired) electrons. The quantitative estimate of drug-likeness (QED) is 0.0976. The number of aryl methyl sites for hydroxylation is 10. The topological polar surface area (TPSA) is 243 Å². The third-order valence-corrected chi connectivity index (χ3v) is 35.4. The number of halogens is 5. The molecule has 5 fully saturated rings. The lowest BCUT2D eigenvalue weighted by Gasteiger charge is -2.53. The number of pyridine rings is 5. The number of hydrogen-bond donors (Lipinski definition) is 0. The van der Waals surface area contributed by atoms with Gasteiger partial charge in [-0.1, -0.05) is 58.0 Å². The van der Waals surface area contributed by atoms with Crippen molar-refractivity contribution in [2.24, 2.45) is 5.41 Å². The van der Waals surface area contributed by atoms with Crippen LogP contribution < -0.4 is 0 Å². The molecule has 3 saturated carbocycles. The number of rotatable bonds is 13. The number of fused-ring (bicyclic) bond motifs is 5. The maximum Gasteiger partial charge on any atom is 0.219 e. The van der Waals surface area contributed by atoms with E-state index in [1.807, 2.05) is 152 Å². The molecule has 0 bridgehead atoms. The SMILES string of the molecule is [C-]#[N+]c1cc2c(-c3cncc(C)c3Cl)cn(-c3ccc(S(C)(=O)=O)cc3)c2cc1C.[C-]#[N+]c1cc2c(-c3cncc(C)c3Cl)cn(C3CC(S(C)(=O)=O)C3)c2cc1C.[C-]#[N+]c1cc2c(-c3cncc(C)c3Cl)cn(C3CC(S(C)(=O)=O)C3)c2cc1C.[C-]#[N+]c1cc2c(-c3cncc(C)c3Cl)cn(C3CC4(COC4)C3)c2cc1C.[C-]#[N+]c1cc2c(-c3cncc(C)c3Cl)cn(C3CCN(C(C)=O)CC3)c2cc1C. The van der Waals surface area contributed by atoms with Gasteiger partial charge in [0.1, 0.15) is 19.7 Å². The van der Waals surface area contributed by atoms with Crippen LogP contribution in [0.15, 0.2) is 183 Å².